The zero-order chi connectivity index (χ0) is 15.5. The molecule has 6 nitrogen and oxygen atoms in total. The molecule has 1 atom stereocenters. The van der Waals surface area contributed by atoms with Gasteiger partial charge in [-0.2, -0.15) is 0 Å². The van der Waals surface area contributed by atoms with Gasteiger partial charge in [0.05, 0.1) is 5.41 Å². The highest BCUT2D eigenvalue weighted by molar-refractivity contribution is 5.95. The van der Waals surface area contributed by atoms with Crippen molar-refractivity contribution < 1.29 is 9.59 Å². The van der Waals surface area contributed by atoms with E-state index in [0.717, 1.165) is 18.5 Å². The summed E-state index contributed by atoms with van der Waals surface area (Å²) >= 11 is 0. The fourth-order valence-electron chi connectivity index (χ4n) is 2.88. The van der Waals surface area contributed by atoms with Crippen molar-refractivity contribution in [2.45, 2.75) is 19.9 Å². The average molecular weight is 290 g/mol. The molecule has 1 aliphatic rings. The first-order valence-electron chi connectivity index (χ1n) is 7.03. The predicted molar refractivity (Wildman–Crippen MR) is 80.2 cm³/mol. The number of benzene rings is 1. The third-order valence-corrected chi connectivity index (χ3v) is 4.11. The zero-order valence-corrected chi connectivity index (χ0v) is 12.5. The summed E-state index contributed by atoms with van der Waals surface area (Å²) in [6.45, 7) is 4.13. The van der Waals surface area contributed by atoms with E-state index in [0.29, 0.717) is 18.7 Å². The lowest BCUT2D eigenvalue weighted by atomic mass is 9.89. The molecule has 1 aliphatic heterocycles. The van der Waals surface area contributed by atoms with E-state index in [1.165, 1.54) is 0 Å². The van der Waals surface area contributed by atoms with E-state index in [1.807, 2.05) is 25.1 Å². The first kappa shape index (κ1) is 15.5. The quantitative estimate of drug-likeness (QED) is 0.421. The molecular weight excluding hydrogens is 268 g/mol. The Bertz CT molecular complexity index is 546. The molecule has 6 heteroatoms. The number of rotatable bonds is 4. The molecule has 1 aromatic rings. The normalized spacial score (nSPS) is 22.0. The summed E-state index contributed by atoms with van der Waals surface area (Å²) in [4.78, 5) is 25.9. The topological polar surface area (TPSA) is 87.5 Å². The first-order chi connectivity index (χ1) is 10.00. The van der Waals surface area contributed by atoms with Crippen molar-refractivity contribution in [1.82, 2.24) is 15.6 Å². The molecule has 0 radical (unpaired) electrons. The fraction of sp³-hybridized carbons (Fsp3) is 0.467. The van der Waals surface area contributed by atoms with Crippen molar-refractivity contribution in [3.63, 3.8) is 0 Å². The molecule has 4 N–H and O–H groups in total. The van der Waals surface area contributed by atoms with E-state index in [1.54, 1.807) is 13.1 Å². The Balaban J connectivity index is 2.11. The van der Waals surface area contributed by atoms with Gasteiger partial charge in [-0.25, -0.2) is 5.84 Å². The van der Waals surface area contributed by atoms with Gasteiger partial charge in [-0.1, -0.05) is 18.2 Å². The Labute approximate surface area is 124 Å². The first-order valence-corrected chi connectivity index (χ1v) is 7.03. The SMILES string of the molecule is CNC(=O)C1(C)CCN(Cc2ccccc2C(=O)NN)C1. The Morgan fingerprint density at radius 3 is 2.76 bits per heavy atom. The number of nitrogens with one attached hydrogen (secondary N) is 2. The number of amides is 2. The number of carbonyl (C=O) groups is 2. The Kier molecular flexibility index (Phi) is 4.59. The molecule has 1 fully saturated rings. The van der Waals surface area contributed by atoms with E-state index < -0.39 is 0 Å². The number of nitrogens with zero attached hydrogens (tertiary/aromatic N) is 1. The molecule has 1 heterocycles. The summed E-state index contributed by atoms with van der Waals surface area (Å²) in [5, 5.41) is 2.72. The third kappa shape index (κ3) is 3.22. The van der Waals surface area contributed by atoms with Crippen LogP contribution in [-0.2, 0) is 11.3 Å². The molecule has 1 saturated heterocycles. The van der Waals surface area contributed by atoms with Crippen molar-refractivity contribution in [2.75, 3.05) is 20.1 Å². The highest BCUT2D eigenvalue weighted by Crippen LogP contribution is 2.31. The van der Waals surface area contributed by atoms with Gasteiger partial charge < -0.3 is 5.32 Å². The predicted octanol–water partition coefficient (Wildman–Crippen LogP) is 0.248. The molecule has 0 aliphatic carbocycles. The fourth-order valence-corrected chi connectivity index (χ4v) is 2.88. The molecule has 0 bridgehead atoms. The van der Waals surface area contributed by atoms with E-state index >= 15 is 0 Å². The number of carbonyl (C=O) groups excluding carboxylic acids is 2. The van der Waals surface area contributed by atoms with Crippen LogP contribution in [0.2, 0.25) is 0 Å². The lowest BCUT2D eigenvalue weighted by Crippen LogP contribution is -2.39. The average Bonchev–Trinajstić information content (AvgIpc) is 2.88. The monoisotopic (exact) mass is 290 g/mol. The summed E-state index contributed by atoms with van der Waals surface area (Å²) in [6, 6.07) is 7.38. The van der Waals surface area contributed by atoms with Gasteiger partial charge in [0.15, 0.2) is 0 Å². The smallest absolute Gasteiger partial charge is 0.265 e. The van der Waals surface area contributed by atoms with Gasteiger partial charge in [0, 0.05) is 25.7 Å². The lowest BCUT2D eigenvalue weighted by molar-refractivity contribution is -0.129. The van der Waals surface area contributed by atoms with E-state index in [2.05, 4.69) is 15.6 Å². The van der Waals surface area contributed by atoms with Crippen LogP contribution < -0.4 is 16.6 Å². The number of hydrazine groups is 1. The van der Waals surface area contributed by atoms with Crippen LogP contribution in [0.1, 0.15) is 29.3 Å². The maximum Gasteiger partial charge on any atom is 0.265 e. The minimum atomic E-state index is -0.361. The van der Waals surface area contributed by atoms with Crippen molar-refractivity contribution in [1.29, 1.82) is 0 Å². The Morgan fingerprint density at radius 2 is 2.10 bits per heavy atom. The molecular formula is C15H22N4O2. The zero-order valence-electron chi connectivity index (χ0n) is 12.5. The van der Waals surface area contributed by atoms with Gasteiger partial charge >= 0.3 is 0 Å². The number of nitrogen functional groups attached to an aromatic ring is 1. The maximum absolute atomic E-state index is 11.9. The number of nitrogens with two attached hydrogens (primary N) is 1. The second-order valence-corrected chi connectivity index (χ2v) is 5.73. The van der Waals surface area contributed by atoms with Crippen LogP contribution in [0.15, 0.2) is 24.3 Å². The van der Waals surface area contributed by atoms with Crippen LogP contribution in [0, 0.1) is 5.41 Å². The van der Waals surface area contributed by atoms with Gasteiger partial charge in [0.1, 0.15) is 0 Å². The lowest BCUT2D eigenvalue weighted by Gasteiger charge is -2.23. The summed E-state index contributed by atoms with van der Waals surface area (Å²) < 4.78 is 0. The van der Waals surface area contributed by atoms with Crippen LogP contribution in [0.3, 0.4) is 0 Å². The van der Waals surface area contributed by atoms with Crippen molar-refractivity contribution >= 4 is 11.8 Å². The van der Waals surface area contributed by atoms with Crippen LogP contribution in [-0.4, -0.2) is 36.9 Å². The summed E-state index contributed by atoms with van der Waals surface area (Å²) in [6.07, 6.45) is 0.817. The Morgan fingerprint density at radius 1 is 1.38 bits per heavy atom. The van der Waals surface area contributed by atoms with Gasteiger partial charge in [-0.3, -0.25) is 19.9 Å². The van der Waals surface area contributed by atoms with Gasteiger partial charge in [0.25, 0.3) is 5.91 Å². The van der Waals surface area contributed by atoms with Crippen LogP contribution in [0.5, 0.6) is 0 Å². The highest BCUT2D eigenvalue weighted by atomic mass is 16.2. The van der Waals surface area contributed by atoms with E-state index in [-0.39, 0.29) is 17.2 Å². The largest absolute Gasteiger partial charge is 0.359 e. The molecule has 2 rings (SSSR count). The molecule has 0 aromatic heterocycles. The standard InChI is InChI=1S/C15H22N4O2/c1-15(14(21)17-2)7-8-19(10-15)9-11-5-3-4-6-12(11)13(20)18-16/h3-6H,7-10,16H2,1-2H3,(H,17,21)(H,18,20). The highest BCUT2D eigenvalue weighted by Gasteiger charge is 2.39. The van der Waals surface area contributed by atoms with Gasteiger partial charge in [-0.05, 0) is 31.5 Å². The summed E-state index contributed by atoms with van der Waals surface area (Å²) in [5.74, 6) is 4.99. The Hall–Kier alpha value is -1.92. The van der Waals surface area contributed by atoms with Gasteiger partial charge in [0.2, 0.25) is 5.91 Å². The van der Waals surface area contributed by atoms with E-state index in [9.17, 15) is 9.59 Å². The third-order valence-electron chi connectivity index (χ3n) is 4.11. The molecule has 0 saturated carbocycles. The molecule has 2 amide bonds. The number of likely N-dealkylation sites (tertiary alicyclic amines) is 1. The number of hydrogen-bond donors (Lipinski definition) is 3. The molecule has 0 spiro atoms. The van der Waals surface area contributed by atoms with Crippen LogP contribution in [0.4, 0.5) is 0 Å². The van der Waals surface area contributed by atoms with Crippen LogP contribution in [0.25, 0.3) is 0 Å². The molecule has 114 valence electrons. The van der Waals surface area contributed by atoms with E-state index in [4.69, 9.17) is 5.84 Å². The minimum Gasteiger partial charge on any atom is -0.359 e. The van der Waals surface area contributed by atoms with Crippen molar-refractivity contribution in [3.05, 3.63) is 35.4 Å². The van der Waals surface area contributed by atoms with Crippen molar-refractivity contribution in [3.8, 4) is 0 Å². The van der Waals surface area contributed by atoms with Gasteiger partial charge in [-0.15, -0.1) is 0 Å². The molecule has 1 unspecified atom stereocenters. The molecule has 1 aromatic carbocycles. The molecule has 21 heavy (non-hydrogen) atoms. The summed E-state index contributed by atoms with van der Waals surface area (Å²) in [5.41, 5.74) is 3.30. The summed E-state index contributed by atoms with van der Waals surface area (Å²) in [7, 11) is 1.66. The minimum absolute atomic E-state index is 0.0676. The van der Waals surface area contributed by atoms with Crippen LogP contribution >= 0.6 is 0 Å². The van der Waals surface area contributed by atoms with Crippen molar-refractivity contribution in [2.24, 2.45) is 11.3 Å². The second kappa shape index (κ2) is 6.24. The number of hydrogen-bond acceptors (Lipinski definition) is 4. The maximum atomic E-state index is 11.9. The second-order valence-electron chi connectivity index (χ2n) is 5.73.